The molecule has 1 aliphatic carbocycles. The van der Waals surface area contributed by atoms with Crippen molar-refractivity contribution in [2.45, 2.75) is 31.1 Å². The Kier molecular flexibility index (Phi) is 3.47. The Balaban J connectivity index is 2.08. The maximum Gasteiger partial charge on any atom is 0.309 e. The van der Waals surface area contributed by atoms with Crippen LogP contribution >= 0.6 is 11.3 Å². The van der Waals surface area contributed by atoms with Crippen LogP contribution in [0.5, 0.6) is 0 Å². The molecule has 0 unspecified atom stereocenters. The third-order valence-electron chi connectivity index (χ3n) is 3.51. The van der Waals surface area contributed by atoms with E-state index in [1.54, 1.807) is 11.3 Å². The predicted octanol–water partition coefficient (Wildman–Crippen LogP) is 1.16. The van der Waals surface area contributed by atoms with Crippen molar-refractivity contribution in [1.29, 1.82) is 0 Å². The van der Waals surface area contributed by atoms with Crippen LogP contribution in [0.1, 0.15) is 31.2 Å². The van der Waals surface area contributed by atoms with E-state index in [-0.39, 0.29) is 5.41 Å². The number of carbonyl (C=O) groups excluding carboxylic acids is 2. The van der Waals surface area contributed by atoms with E-state index in [1.165, 1.54) is 18.4 Å². The van der Waals surface area contributed by atoms with Crippen molar-refractivity contribution in [2.24, 2.45) is 5.73 Å². The molecule has 0 aliphatic heterocycles. The summed E-state index contributed by atoms with van der Waals surface area (Å²) >= 11 is 1.66. The van der Waals surface area contributed by atoms with E-state index in [4.69, 9.17) is 5.73 Å². The smallest absolute Gasteiger partial charge is 0.309 e. The minimum Gasteiger partial charge on any atom is -0.361 e. The molecule has 1 aliphatic rings. The zero-order valence-corrected chi connectivity index (χ0v) is 10.4. The van der Waals surface area contributed by atoms with E-state index in [0.717, 1.165) is 12.8 Å². The fourth-order valence-electron chi connectivity index (χ4n) is 2.52. The van der Waals surface area contributed by atoms with Crippen molar-refractivity contribution in [2.75, 3.05) is 6.54 Å². The standard InChI is InChI=1S/C12H16N2O2S/c13-10(15)11(16)14-8-12(4-1-2-5-12)9-3-6-17-7-9/h3,6-7H,1-2,4-5,8H2,(H2,13,15)(H,14,16). The minimum absolute atomic E-state index is 0.00507. The maximum absolute atomic E-state index is 11.2. The van der Waals surface area contributed by atoms with Gasteiger partial charge in [-0.25, -0.2) is 0 Å². The molecule has 0 bridgehead atoms. The first kappa shape index (κ1) is 12.1. The summed E-state index contributed by atoms with van der Waals surface area (Å²) < 4.78 is 0. The highest BCUT2D eigenvalue weighted by molar-refractivity contribution is 7.08. The number of hydrogen-bond donors (Lipinski definition) is 2. The third-order valence-corrected chi connectivity index (χ3v) is 4.19. The van der Waals surface area contributed by atoms with E-state index < -0.39 is 11.8 Å². The zero-order chi connectivity index (χ0) is 12.3. The van der Waals surface area contributed by atoms with Gasteiger partial charge in [-0.1, -0.05) is 12.8 Å². The van der Waals surface area contributed by atoms with Crippen LogP contribution in [0.3, 0.4) is 0 Å². The summed E-state index contributed by atoms with van der Waals surface area (Å²) in [6.45, 7) is 0.505. The van der Waals surface area contributed by atoms with Crippen molar-refractivity contribution in [3.8, 4) is 0 Å². The van der Waals surface area contributed by atoms with Gasteiger partial charge in [0.15, 0.2) is 0 Å². The lowest BCUT2D eigenvalue weighted by Crippen LogP contribution is -2.43. The highest BCUT2D eigenvalue weighted by Crippen LogP contribution is 2.41. The zero-order valence-electron chi connectivity index (χ0n) is 9.57. The number of amides is 2. The van der Waals surface area contributed by atoms with Gasteiger partial charge in [-0.15, -0.1) is 0 Å². The van der Waals surface area contributed by atoms with Gasteiger partial charge in [0, 0.05) is 12.0 Å². The Morgan fingerprint density at radius 3 is 2.65 bits per heavy atom. The van der Waals surface area contributed by atoms with Gasteiger partial charge in [-0.2, -0.15) is 11.3 Å². The van der Waals surface area contributed by atoms with Crippen molar-refractivity contribution in [3.63, 3.8) is 0 Å². The maximum atomic E-state index is 11.2. The van der Waals surface area contributed by atoms with E-state index in [2.05, 4.69) is 16.8 Å². The first-order valence-electron chi connectivity index (χ1n) is 5.74. The number of hydrogen-bond acceptors (Lipinski definition) is 3. The van der Waals surface area contributed by atoms with Crippen molar-refractivity contribution >= 4 is 23.2 Å². The lowest BCUT2D eigenvalue weighted by atomic mass is 9.80. The van der Waals surface area contributed by atoms with Crippen LogP contribution in [0.2, 0.25) is 0 Å². The quantitative estimate of drug-likeness (QED) is 0.792. The largest absolute Gasteiger partial charge is 0.361 e. The molecule has 2 rings (SSSR count). The summed E-state index contributed by atoms with van der Waals surface area (Å²) in [5.41, 5.74) is 6.21. The second kappa shape index (κ2) is 4.87. The van der Waals surface area contributed by atoms with E-state index in [9.17, 15) is 9.59 Å². The van der Waals surface area contributed by atoms with Gasteiger partial charge in [-0.05, 0) is 35.2 Å². The Bertz CT molecular complexity index is 408. The van der Waals surface area contributed by atoms with Crippen LogP contribution in [0.25, 0.3) is 0 Å². The van der Waals surface area contributed by atoms with Crippen LogP contribution < -0.4 is 11.1 Å². The van der Waals surface area contributed by atoms with Crippen molar-refractivity contribution < 1.29 is 9.59 Å². The topological polar surface area (TPSA) is 72.2 Å². The summed E-state index contributed by atoms with van der Waals surface area (Å²) in [6.07, 6.45) is 4.45. The molecule has 1 heterocycles. The Hall–Kier alpha value is -1.36. The van der Waals surface area contributed by atoms with Gasteiger partial charge >= 0.3 is 11.8 Å². The van der Waals surface area contributed by atoms with Gasteiger partial charge in [-0.3, -0.25) is 9.59 Å². The van der Waals surface area contributed by atoms with E-state index in [1.807, 2.05) is 5.38 Å². The molecule has 4 nitrogen and oxygen atoms in total. The second-order valence-corrected chi connectivity index (χ2v) is 5.33. The molecule has 1 saturated carbocycles. The Labute approximate surface area is 104 Å². The predicted molar refractivity (Wildman–Crippen MR) is 66.7 cm³/mol. The highest BCUT2D eigenvalue weighted by Gasteiger charge is 2.36. The number of carbonyl (C=O) groups is 2. The molecular weight excluding hydrogens is 236 g/mol. The number of thiophene rings is 1. The molecule has 17 heavy (non-hydrogen) atoms. The molecule has 3 N–H and O–H groups in total. The molecular formula is C12H16N2O2S. The highest BCUT2D eigenvalue weighted by atomic mass is 32.1. The molecule has 1 aromatic rings. The fraction of sp³-hybridized carbons (Fsp3) is 0.500. The summed E-state index contributed by atoms with van der Waals surface area (Å²) in [7, 11) is 0. The minimum atomic E-state index is -0.913. The normalized spacial score (nSPS) is 17.9. The molecule has 0 atom stereocenters. The third kappa shape index (κ3) is 2.49. The monoisotopic (exact) mass is 252 g/mol. The number of nitrogens with two attached hydrogens (primary N) is 1. The van der Waals surface area contributed by atoms with Crippen LogP contribution in [-0.2, 0) is 15.0 Å². The summed E-state index contributed by atoms with van der Waals surface area (Å²) in [5, 5.41) is 6.82. The van der Waals surface area contributed by atoms with Crippen LogP contribution in [0.4, 0.5) is 0 Å². The SMILES string of the molecule is NC(=O)C(=O)NCC1(c2ccsc2)CCCC1. The second-order valence-electron chi connectivity index (χ2n) is 4.55. The van der Waals surface area contributed by atoms with Crippen molar-refractivity contribution in [1.82, 2.24) is 5.32 Å². The van der Waals surface area contributed by atoms with Gasteiger partial charge < -0.3 is 11.1 Å². The van der Waals surface area contributed by atoms with Crippen LogP contribution in [0, 0.1) is 0 Å². The van der Waals surface area contributed by atoms with Gasteiger partial charge in [0.2, 0.25) is 0 Å². The average Bonchev–Trinajstić information content (AvgIpc) is 2.96. The molecule has 2 amide bonds. The Morgan fingerprint density at radius 2 is 2.12 bits per heavy atom. The first-order valence-corrected chi connectivity index (χ1v) is 6.69. The molecule has 92 valence electrons. The van der Waals surface area contributed by atoms with Gasteiger partial charge in [0.1, 0.15) is 0 Å². The molecule has 5 heteroatoms. The average molecular weight is 252 g/mol. The number of primary amides is 1. The van der Waals surface area contributed by atoms with E-state index >= 15 is 0 Å². The first-order chi connectivity index (χ1) is 8.14. The van der Waals surface area contributed by atoms with E-state index in [0.29, 0.717) is 6.54 Å². The van der Waals surface area contributed by atoms with Gasteiger partial charge in [0.25, 0.3) is 0 Å². The number of rotatable bonds is 3. The van der Waals surface area contributed by atoms with Gasteiger partial charge in [0.05, 0.1) is 0 Å². The summed E-state index contributed by atoms with van der Waals surface area (Å²) in [4.78, 5) is 21.9. The fourth-order valence-corrected chi connectivity index (χ4v) is 3.30. The Morgan fingerprint density at radius 1 is 1.41 bits per heavy atom. The summed E-state index contributed by atoms with van der Waals surface area (Å²) in [5.74, 6) is -1.60. The van der Waals surface area contributed by atoms with Crippen LogP contribution in [0.15, 0.2) is 16.8 Å². The molecule has 0 aromatic carbocycles. The molecule has 0 radical (unpaired) electrons. The van der Waals surface area contributed by atoms with Crippen molar-refractivity contribution in [3.05, 3.63) is 22.4 Å². The molecule has 0 spiro atoms. The number of nitrogens with one attached hydrogen (secondary N) is 1. The van der Waals surface area contributed by atoms with Crippen LogP contribution in [-0.4, -0.2) is 18.4 Å². The lowest BCUT2D eigenvalue weighted by Gasteiger charge is -2.28. The molecule has 1 fully saturated rings. The molecule has 1 aromatic heterocycles. The summed E-state index contributed by atoms with van der Waals surface area (Å²) in [6, 6.07) is 2.10. The molecule has 0 saturated heterocycles. The lowest BCUT2D eigenvalue weighted by molar-refractivity contribution is -0.137.